The maximum Gasteiger partial charge on any atom is 0.335 e. The summed E-state index contributed by atoms with van der Waals surface area (Å²) in [7, 11) is 1.43. The molecule has 2 N–H and O–H groups in total. The van der Waals surface area contributed by atoms with E-state index in [0.717, 1.165) is 14.5 Å². The Morgan fingerprint density at radius 3 is 2.52 bits per heavy atom. The summed E-state index contributed by atoms with van der Waals surface area (Å²) in [4.78, 5) is 23.2. The number of nitrogens with one attached hydrogen (secondary N) is 1. The number of aromatic carboxylic acids is 1. The Bertz CT molecular complexity index is 800. The van der Waals surface area contributed by atoms with Crippen LogP contribution in [0.2, 0.25) is 0 Å². The number of hydrogen-bond donors (Lipinski definition) is 2. The highest BCUT2D eigenvalue weighted by atomic mass is 79.9. The number of amides is 1. The van der Waals surface area contributed by atoms with E-state index < -0.39 is 11.9 Å². The average molecular weight is 473 g/mol. The second-order valence-corrected chi connectivity index (χ2v) is 6.86. The van der Waals surface area contributed by atoms with E-state index in [1.54, 1.807) is 0 Å². The van der Waals surface area contributed by atoms with Crippen molar-refractivity contribution in [2.75, 3.05) is 19.0 Å². The highest BCUT2D eigenvalue weighted by Gasteiger charge is 2.14. The van der Waals surface area contributed by atoms with Crippen molar-refractivity contribution >= 4 is 49.4 Å². The number of hydrogen-bond acceptors (Lipinski definition) is 4. The number of rotatable bonds is 6. The maximum absolute atomic E-state index is 12.2. The van der Waals surface area contributed by atoms with Gasteiger partial charge in [-0.1, -0.05) is 15.9 Å². The SMILES string of the molecule is COc1ccc(C(=O)O)cc1NC(=O)COc1c(C)cc(Br)cc1Br. The minimum absolute atomic E-state index is 0.0449. The van der Waals surface area contributed by atoms with Gasteiger partial charge in [0.05, 0.1) is 22.8 Å². The molecule has 0 spiro atoms. The van der Waals surface area contributed by atoms with Gasteiger partial charge in [-0.05, 0) is 58.7 Å². The summed E-state index contributed by atoms with van der Waals surface area (Å²) in [5, 5.41) is 11.7. The van der Waals surface area contributed by atoms with E-state index >= 15 is 0 Å². The molecule has 0 atom stereocenters. The van der Waals surface area contributed by atoms with Crippen LogP contribution in [0.15, 0.2) is 39.3 Å². The number of aryl methyl sites for hydroxylation is 1. The molecule has 6 nitrogen and oxygen atoms in total. The second kappa shape index (κ2) is 8.35. The quantitative estimate of drug-likeness (QED) is 0.656. The predicted molar refractivity (Wildman–Crippen MR) is 101 cm³/mol. The molecule has 0 aliphatic carbocycles. The van der Waals surface area contributed by atoms with E-state index in [4.69, 9.17) is 14.6 Å². The van der Waals surface area contributed by atoms with E-state index in [1.165, 1.54) is 25.3 Å². The Labute approximate surface area is 161 Å². The van der Waals surface area contributed by atoms with Gasteiger partial charge in [0.25, 0.3) is 5.91 Å². The Morgan fingerprint density at radius 1 is 1.20 bits per heavy atom. The Kier molecular flexibility index (Phi) is 6.44. The van der Waals surface area contributed by atoms with E-state index in [9.17, 15) is 9.59 Å². The highest BCUT2D eigenvalue weighted by Crippen LogP contribution is 2.32. The number of carboxylic acid groups (broad SMARTS) is 1. The third kappa shape index (κ3) is 4.96. The molecule has 2 aromatic rings. The van der Waals surface area contributed by atoms with E-state index in [-0.39, 0.29) is 17.9 Å². The number of anilines is 1. The van der Waals surface area contributed by atoms with Gasteiger partial charge >= 0.3 is 5.97 Å². The summed E-state index contributed by atoms with van der Waals surface area (Å²) in [6.07, 6.45) is 0. The molecule has 0 saturated heterocycles. The Morgan fingerprint density at radius 2 is 1.92 bits per heavy atom. The first-order valence-electron chi connectivity index (χ1n) is 7.11. The summed E-state index contributed by atoms with van der Waals surface area (Å²) in [5.41, 5.74) is 1.17. The zero-order valence-corrected chi connectivity index (χ0v) is 16.6. The molecule has 0 saturated carbocycles. The van der Waals surface area contributed by atoms with Crippen LogP contribution in [-0.2, 0) is 4.79 Å². The fraction of sp³-hybridized carbons (Fsp3) is 0.176. The van der Waals surface area contributed by atoms with Crippen molar-refractivity contribution in [3.8, 4) is 11.5 Å². The molecule has 2 aromatic carbocycles. The third-order valence-corrected chi connectivity index (χ3v) is 4.31. The van der Waals surface area contributed by atoms with Crippen molar-refractivity contribution in [3.05, 3.63) is 50.4 Å². The van der Waals surface area contributed by atoms with Crippen molar-refractivity contribution in [3.63, 3.8) is 0 Å². The highest BCUT2D eigenvalue weighted by molar-refractivity contribution is 9.11. The zero-order valence-electron chi connectivity index (χ0n) is 13.4. The van der Waals surface area contributed by atoms with Gasteiger partial charge in [-0.3, -0.25) is 4.79 Å². The molecule has 0 aliphatic rings. The van der Waals surface area contributed by atoms with Gasteiger partial charge in [0.1, 0.15) is 11.5 Å². The van der Waals surface area contributed by atoms with Gasteiger partial charge < -0.3 is 19.9 Å². The number of halogens is 2. The zero-order chi connectivity index (χ0) is 18.6. The van der Waals surface area contributed by atoms with Crippen LogP contribution in [0, 0.1) is 6.92 Å². The topological polar surface area (TPSA) is 84.9 Å². The maximum atomic E-state index is 12.2. The van der Waals surface area contributed by atoms with Gasteiger partial charge in [-0.15, -0.1) is 0 Å². The van der Waals surface area contributed by atoms with E-state index in [0.29, 0.717) is 11.5 Å². The van der Waals surface area contributed by atoms with Crippen molar-refractivity contribution < 1.29 is 24.2 Å². The monoisotopic (exact) mass is 471 g/mol. The molecule has 0 aromatic heterocycles. The molecule has 2 rings (SSSR count). The molecule has 0 bridgehead atoms. The minimum atomic E-state index is -1.09. The Balaban J connectivity index is 2.11. The third-order valence-electron chi connectivity index (χ3n) is 3.26. The van der Waals surface area contributed by atoms with Gasteiger partial charge in [0, 0.05) is 4.47 Å². The molecule has 25 heavy (non-hydrogen) atoms. The summed E-state index contributed by atoms with van der Waals surface area (Å²) in [6, 6.07) is 7.90. The lowest BCUT2D eigenvalue weighted by molar-refractivity contribution is -0.118. The van der Waals surface area contributed by atoms with E-state index in [2.05, 4.69) is 37.2 Å². The number of carboxylic acids is 1. The molecule has 0 unspecified atom stereocenters. The van der Waals surface area contributed by atoms with Crippen molar-refractivity contribution in [2.45, 2.75) is 6.92 Å². The second-order valence-electron chi connectivity index (χ2n) is 5.09. The summed E-state index contributed by atoms with van der Waals surface area (Å²) >= 11 is 6.77. The number of methoxy groups -OCH3 is 1. The molecule has 0 heterocycles. The fourth-order valence-corrected chi connectivity index (χ4v) is 3.69. The molecule has 0 radical (unpaired) electrons. The molecule has 0 aliphatic heterocycles. The molecule has 1 amide bonds. The van der Waals surface area contributed by atoms with Crippen LogP contribution in [-0.4, -0.2) is 30.7 Å². The fourth-order valence-electron chi connectivity index (χ4n) is 2.13. The van der Waals surface area contributed by atoms with Crippen molar-refractivity contribution in [1.82, 2.24) is 0 Å². The lowest BCUT2D eigenvalue weighted by Crippen LogP contribution is -2.21. The van der Waals surface area contributed by atoms with Crippen LogP contribution in [0.25, 0.3) is 0 Å². The smallest absolute Gasteiger partial charge is 0.335 e. The molecular weight excluding hydrogens is 458 g/mol. The van der Waals surface area contributed by atoms with Gasteiger partial charge in [0.15, 0.2) is 6.61 Å². The first-order chi connectivity index (χ1) is 11.8. The lowest BCUT2D eigenvalue weighted by Gasteiger charge is -2.13. The molecule has 0 fully saturated rings. The minimum Gasteiger partial charge on any atom is -0.495 e. The van der Waals surface area contributed by atoms with Crippen molar-refractivity contribution in [1.29, 1.82) is 0 Å². The Hall–Kier alpha value is -2.06. The number of ether oxygens (including phenoxy) is 2. The van der Waals surface area contributed by atoms with E-state index in [1.807, 2.05) is 19.1 Å². The summed E-state index contributed by atoms with van der Waals surface area (Å²) in [5.74, 6) is -0.608. The molecule has 8 heteroatoms. The summed E-state index contributed by atoms with van der Waals surface area (Å²) < 4.78 is 12.3. The molecule has 132 valence electrons. The van der Waals surface area contributed by atoms with Crippen LogP contribution in [0.1, 0.15) is 15.9 Å². The van der Waals surface area contributed by atoms with Gasteiger partial charge in [0.2, 0.25) is 0 Å². The van der Waals surface area contributed by atoms with Crippen LogP contribution in [0.4, 0.5) is 5.69 Å². The number of benzene rings is 2. The first-order valence-corrected chi connectivity index (χ1v) is 8.70. The van der Waals surface area contributed by atoms with Gasteiger partial charge in [-0.25, -0.2) is 4.79 Å². The summed E-state index contributed by atoms with van der Waals surface area (Å²) in [6.45, 7) is 1.63. The standard InChI is InChI=1S/C17H15Br2NO5/c1-9-5-11(18)7-12(19)16(9)25-8-15(21)20-13-6-10(17(22)23)3-4-14(13)24-2/h3-7H,8H2,1-2H3,(H,20,21)(H,22,23). The van der Waals surface area contributed by atoms with Crippen LogP contribution in [0.3, 0.4) is 0 Å². The van der Waals surface area contributed by atoms with Crippen LogP contribution >= 0.6 is 31.9 Å². The first kappa shape index (κ1) is 19.3. The van der Waals surface area contributed by atoms with Crippen LogP contribution < -0.4 is 14.8 Å². The number of carbonyl (C=O) groups excluding carboxylic acids is 1. The van der Waals surface area contributed by atoms with Crippen molar-refractivity contribution in [2.24, 2.45) is 0 Å². The predicted octanol–water partition coefficient (Wildman–Crippen LogP) is 4.24. The largest absolute Gasteiger partial charge is 0.495 e. The van der Waals surface area contributed by atoms with Gasteiger partial charge in [-0.2, -0.15) is 0 Å². The number of carbonyl (C=O) groups is 2. The average Bonchev–Trinajstić information content (AvgIpc) is 2.53. The molecular formula is C17H15Br2NO5. The lowest BCUT2D eigenvalue weighted by atomic mass is 10.2. The van der Waals surface area contributed by atoms with Crippen LogP contribution in [0.5, 0.6) is 11.5 Å². The normalized spacial score (nSPS) is 10.2.